The zero-order chi connectivity index (χ0) is 22.0. The number of halogens is 3. The molecular formula is C22H13Cl3N2O3S. The maximum absolute atomic E-state index is 13.5. The first-order chi connectivity index (χ1) is 14.8. The molecule has 5 rings (SSSR count). The molecule has 5 nitrogen and oxygen atoms in total. The van der Waals surface area contributed by atoms with Gasteiger partial charge in [-0.3, -0.25) is 14.5 Å². The molecule has 0 fully saturated rings. The molecule has 3 heterocycles. The molecular weight excluding hydrogens is 479 g/mol. The molecule has 4 aromatic rings. The number of rotatable bonds is 2. The van der Waals surface area contributed by atoms with Gasteiger partial charge >= 0.3 is 0 Å². The SMILES string of the molecule is Cc1nc(N2C(=O)c3oc4ccc(Cl)cc4c(=O)c3[C@H]2c2ccc(Cl)c(Cl)c2)sc1C. The molecule has 156 valence electrons. The number of aromatic nitrogens is 1. The predicted molar refractivity (Wildman–Crippen MR) is 124 cm³/mol. The molecule has 9 heteroatoms. The molecule has 0 saturated carbocycles. The maximum atomic E-state index is 13.5. The molecule has 0 bridgehead atoms. The quantitative estimate of drug-likeness (QED) is 0.318. The Kier molecular flexibility index (Phi) is 4.86. The van der Waals surface area contributed by atoms with E-state index in [9.17, 15) is 9.59 Å². The summed E-state index contributed by atoms with van der Waals surface area (Å²) in [7, 11) is 0. The van der Waals surface area contributed by atoms with Gasteiger partial charge in [0.25, 0.3) is 5.91 Å². The zero-order valence-corrected chi connectivity index (χ0v) is 19.3. The van der Waals surface area contributed by atoms with Gasteiger partial charge in [-0.15, -0.1) is 11.3 Å². The molecule has 0 saturated heterocycles. The summed E-state index contributed by atoms with van der Waals surface area (Å²) >= 11 is 19.9. The molecule has 2 aromatic carbocycles. The van der Waals surface area contributed by atoms with Gasteiger partial charge in [-0.25, -0.2) is 4.98 Å². The number of hydrogen-bond donors (Lipinski definition) is 0. The summed E-state index contributed by atoms with van der Waals surface area (Å²) in [6.07, 6.45) is 0. The van der Waals surface area contributed by atoms with Crippen LogP contribution in [-0.2, 0) is 0 Å². The van der Waals surface area contributed by atoms with Gasteiger partial charge in [0.15, 0.2) is 10.6 Å². The summed E-state index contributed by atoms with van der Waals surface area (Å²) in [4.78, 5) is 34.0. The third kappa shape index (κ3) is 3.17. The van der Waals surface area contributed by atoms with E-state index in [0.717, 1.165) is 10.6 Å². The first-order valence-corrected chi connectivity index (χ1v) is 11.2. The van der Waals surface area contributed by atoms with Gasteiger partial charge in [0, 0.05) is 9.90 Å². The van der Waals surface area contributed by atoms with E-state index in [1.807, 2.05) is 13.8 Å². The molecule has 0 spiro atoms. The Hall–Kier alpha value is -2.38. The largest absolute Gasteiger partial charge is 0.450 e. The van der Waals surface area contributed by atoms with E-state index in [1.165, 1.54) is 16.2 Å². The van der Waals surface area contributed by atoms with Crippen LogP contribution in [-0.4, -0.2) is 10.9 Å². The number of thiazole rings is 1. The molecule has 1 atom stereocenters. The van der Waals surface area contributed by atoms with Gasteiger partial charge < -0.3 is 4.42 Å². The molecule has 0 N–H and O–H groups in total. The van der Waals surface area contributed by atoms with Gasteiger partial charge in [-0.2, -0.15) is 0 Å². The maximum Gasteiger partial charge on any atom is 0.297 e. The van der Waals surface area contributed by atoms with Crippen molar-refractivity contribution in [1.82, 2.24) is 4.98 Å². The third-order valence-electron chi connectivity index (χ3n) is 5.31. The van der Waals surface area contributed by atoms with E-state index in [2.05, 4.69) is 4.98 Å². The van der Waals surface area contributed by atoms with E-state index >= 15 is 0 Å². The fourth-order valence-corrected chi connectivity index (χ4v) is 5.11. The topological polar surface area (TPSA) is 63.4 Å². The van der Waals surface area contributed by atoms with Crippen LogP contribution in [0.3, 0.4) is 0 Å². The van der Waals surface area contributed by atoms with Crippen molar-refractivity contribution in [3.8, 4) is 0 Å². The van der Waals surface area contributed by atoms with E-state index in [0.29, 0.717) is 36.7 Å². The molecule has 1 aliphatic heterocycles. The average molecular weight is 492 g/mol. The van der Waals surface area contributed by atoms with Crippen LogP contribution in [0.15, 0.2) is 45.6 Å². The van der Waals surface area contributed by atoms with Crippen molar-refractivity contribution in [2.45, 2.75) is 19.9 Å². The second kappa shape index (κ2) is 7.35. The Morgan fingerprint density at radius 3 is 2.48 bits per heavy atom. The molecule has 0 unspecified atom stereocenters. The lowest BCUT2D eigenvalue weighted by molar-refractivity contribution is 0.0971. The Morgan fingerprint density at radius 1 is 1.03 bits per heavy atom. The van der Waals surface area contributed by atoms with Crippen molar-refractivity contribution < 1.29 is 9.21 Å². The number of hydrogen-bond acceptors (Lipinski definition) is 5. The number of carbonyl (C=O) groups excluding carboxylic acids is 1. The molecule has 31 heavy (non-hydrogen) atoms. The molecule has 1 aliphatic rings. The van der Waals surface area contributed by atoms with Crippen molar-refractivity contribution in [1.29, 1.82) is 0 Å². The van der Waals surface area contributed by atoms with Crippen LogP contribution in [0, 0.1) is 13.8 Å². The smallest absolute Gasteiger partial charge is 0.297 e. The Bertz CT molecular complexity index is 1440. The fraction of sp³-hybridized carbons (Fsp3) is 0.136. The number of benzene rings is 2. The van der Waals surface area contributed by atoms with E-state index in [4.69, 9.17) is 39.2 Å². The fourth-order valence-electron chi connectivity index (χ4n) is 3.70. The van der Waals surface area contributed by atoms with Crippen molar-refractivity contribution in [3.05, 3.63) is 89.1 Å². The van der Waals surface area contributed by atoms with Crippen molar-refractivity contribution in [3.63, 3.8) is 0 Å². The normalized spacial score (nSPS) is 15.7. The number of amides is 1. The third-order valence-corrected chi connectivity index (χ3v) is 7.36. The Morgan fingerprint density at radius 2 is 1.81 bits per heavy atom. The summed E-state index contributed by atoms with van der Waals surface area (Å²) in [5, 5.41) is 1.87. The number of anilines is 1. The summed E-state index contributed by atoms with van der Waals surface area (Å²) in [5.41, 5.74) is 1.63. The van der Waals surface area contributed by atoms with Gasteiger partial charge in [-0.1, -0.05) is 40.9 Å². The second-order valence-electron chi connectivity index (χ2n) is 7.20. The molecule has 2 aromatic heterocycles. The van der Waals surface area contributed by atoms with Gasteiger partial charge in [0.2, 0.25) is 5.76 Å². The van der Waals surface area contributed by atoms with Crippen LogP contribution in [0.2, 0.25) is 15.1 Å². The minimum atomic E-state index is -0.762. The lowest BCUT2D eigenvalue weighted by Gasteiger charge is -2.22. The average Bonchev–Trinajstić information content (AvgIpc) is 3.21. The summed E-state index contributed by atoms with van der Waals surface area (Å²) in [6, 6.07) is 9.00. The van der Waals surface area contributed by atoms with Crippen LogP contribution >= 0.6 is 46.1 Å². The van der Waals surface area contributed by atoms with Gasteiger partial charge in [-0.05, 0) is 49.7 Å². The van der Waals surface area contributed by atoms with Gasteiger partial charge in [0.1, 0.15) is 5.58 Å². The highest BCUT2D eigenvalue weighted by Crippen LogP contribution is 2.44. The second-order valence-corrected chi connectivity index (χ2v) is 9.64. The minimum Gasteiger partial charge on any atom is -0.450 e. The number of nitrogens with zero attached hydrogens (tertiary/aromatic N) is 2. The van der Waals surface area contributed by atoms with Crippen molar-refractivity contribution in [2.75, 3.05) is 4.90 Å². The molecule has 0 aliphatic carbocycles. The van der Waals surface area contributed by atoms with Crippen LogP contribution in [0.25, 0.3) is 11.0 Å². The van der Waals surface area contributed by atoms with Crippen molar-refractivity contribution >= 4 is 68.1 Å². The highest BCUT2D eigenvalue weighted by Gasteiger charge is 2.45. The Labute approximate surface area is 195 Å². The lowest BCUT2D eigenvalue weighted by atomic mass is 9.99. The van der Waals surface area contributed by atoms with E-state index in [1.54, 1.807) is 36.4 Å². The van der Waals surface area contributed by atoms with E-state index < -0.39 is 11.9 Å². The van der Waals surface area contributed by atoms with Crippen LogP contribution in [0.1, 0.15) is 38.3 Å². The highest BCUT2D eigenvalue weighted by molar-refractivity contribution is 7.15. The monoisotopic (exact) mass is 490 g/mol. The molecule has 1 amide bonds. The highest BCUT2D eigenvalue weighted by atomic mass is 35.5. The number of fused-ring (bicyclic) bond motifs is 2. The lowest BCUT2D eigenvalue weighted by Crippen LogP contribution is -2.29. The summed E-state index contributed by atoms with van der Waals surface area (Å²) < 4.78 is 5.91. The summed E-state index contributed by atoms with van der Waals surface area (Å²) in [5.74, 6) is -0.449. The standard InChI is InChI=1S/C22H13Cl3N2O3S/c1-9-10(2)31-22(26-9)27-18(11-3-5-14(24)15(25)7-11)17-19(28)13-8-12(23)4-6-16(13)30-20(17)21(27)29/h3-8,18H,1-2H3/t18-/m1/s1. The van der Waals surface area contributed by atoms with Gasteiger partial charge in [0.05, 0.1) is 32.7 Å². The number of carbonyl (C=O) groups is 1. The van der Waals surface area contributed by atoms with Crippen LogP contribution in [0.4, 0.5) is 5.13 Å². The van der Waals surface area contributed by atoms with Crippen LogP contribution < -0.4 is 10.3 Å². The summed E-state index contributed by atoms with van der Waals surface area (Å²) in [6.45, 7) is 3.80. The predicted octanol–water partition coefficient (Wildman–Crippen LogP) is 6.58. The molecule has 0 radical (unpaired) electrons. The number of aryl methyl sites for hydroxylation is 2. The van der Waals surface area contributed by atoms with Crippen molar-refractivity contribution in [2.24, 2.45) is 0 Å². The zero-order valence-electron chi connectivity index (χ0n) is 16.2. The van der Waals surface area contributed by atoms with E-state index in [-0.39, 0.29) is 16.8 Å². The van der Waals surface area contributed by atoms with Crippen LogP contribution in [0.5, 0.6) is 0 Å². The Balaban J connectivity index is 1.84. The first kappa shape index (κ1) is 20.5. The first-order valence-electron chi connectivity index (χ1n) is 9.25. The minimum absolute atomic E-state index is 0.0126.